The number of hydrogen-bond acceptors (Lipinski definition) is 4. The lowest BCUT2D eigenvalue weighted by Crippen LogP contribution is -2.27. The van der Waals surface area contributed by atoms with Gasteiger partial charge in [0.15, 0.2) is 0 Å². The van der Waals surface area contributed by atoms with Crippen molar-refractivity contribution < 1.29 is 9.90 Å². The number of rotatable bonds is 4. The van der Waals surface area contributed by atoms with E-state index in [9.17, 15) is 14.7 Å². The lowest BCUT2D eigenvalue weighted by atomic mass is 9.86. The molecule has 2 aromatic heterocycles. The maximum Gasteiger partial charge on any atom is 0.311 e. The van der Waals surface area contributed by atoms with Gasteiger partial charge in [-0.05, 0) is 24.8 Å². The number of carbonyl (C=O) groups is 1. The first kappa shape index (κ1) is 15.9. The second kappa shape index (κ2) is 5.92. The quantitative estimate of drug-likeness (QED) is 0.872. The van der Waals surface area contributed by atoms with Crippen LogP contribution >= 0.6 is 11.3 Å². The Kier molecular flexibility index (Phi) is 4.10. The molecule has 0 fully saturated rings. The van der Waals surface area contributed by atoms with E-state index in [-0.39, 0.29) is 11.5 Å². The average molecular weight is 332 g/mol. The van der Waals surface area contributed by atoms with Crippen molar-refractivity contribution >= 4 is 27.5 Å². The number of carboxylic acids is 1. The molecule has 3 rings (SSSR count). The fourth-order valence-corrected chi connectivity index (χ4v) is 4.60. The van der Waals surface area contributed by atoms with E-state index in [0.29, 0.717) is 28.7 Å². The third-order valence-corrected chi connectivity index (χ3v) is 5.49. The number of aliphatic carboxylic acids is 1. The van der Waals surface area contributed by atoms with Crippen LogP contribution in [0.2, 0.25) is 0 Å². The average Bonchev–Trinajstić information content (AvgIpc) is 2.88. The molecule has 1 aliphatic rings. The summed E-state index contributed by atoms with van der Waals surface area (Å²) < 4.78 is 1.63. The Balaban J connectivity index is 2.37. The van der Waals surface area contributed by atoms with Crippen LogP contribution in [0.15, 0.2) is 17.4 Å². The van der Waals surface area contributed by atoms with Crippen molar-refractivity contribution in [3.63, 3.8) is 0 Å². The van der Waals surface area contributed by atoms with E-state index in [1.165, 1.54) is 11.3 Å². The first-order valence-corrected chi connectivity index (χ1v) is 8.67. The number of aromatic nitrogens is 2. The monoisotopic (exact) mass is 332 g/mol. The zero-order chi connectivity index (χ0) is 16.7. The smallest absolute Gasteiger partial charge is 0.311 e. The maximum atomic E-state index is 13.0. The van der Waals surface area contributed by atoms with Gasteiger partial charge in [-0.3, -0.25) is 14.2 Å². The standard InChI is InChI=1S/C17H20N2O3S/c1-4-8-19-14(9(2)3)18-15-13(16(19)20)12-10(17(21)22)6-5-7-11(12)23-15/h4,9-10H,1,5-8H2,2-3H3,(H,21,22). The number of carboxylic acid groups (broad SMARTS) is 1. The topological polar surface area (TPSA) is 72.2 Å². The van der Waals surface area contributed by atoms with Crippen molar-refractivity contribution in [1.82, 2.24) is 9.55 Å². The van der Waals surface area contributed by atoms with E-state index in [1.54, 1.807) is 10.6 Å². The van der Waals surface area contributed by atoms with Gasteiger partial charge in [0.25, 0.3) is 5.56 Å². The first-order chi connectivity index (χ1) is 11.0. The van der Waals surface area contributed by atoms with Crippen molar-refractivity contribution in [2.45, 2.75) is 51.5 Å². The molecular weight excluding hydrogens is 312 g/mol. The van der Waals surface area contributed by atoms with Gasteiger partial charge in [0, 0.05) is 17.3 Å². The highest BCUT2D eigenvalue weighted by atomic mass is 32.1. The molecule has 5 nitrogen and oxygen atoms in total. The largest absolute Gasteiger partial charge is 0.481 e. The Hall–Kier alpha value is -1.95. The molecule has 0 aliphatic heterocycles. The predicted octanol–water partition coefficient (Wildman–Crippen LogP) is 3.27. The summed E-state index contributed by atoms with van der Waals surface area (Å²) in [5.41, 5.74) is 0.568. The minimum absolute atomic E-state index is 0.112. The number of nitrogens with zero attached hydrogens (tertiary/aromatic N) is 2. The summed E-state index contributed by atoms with van der Waals surface area (Å²) in [6.07, 6.45) is 3.93. The molecule has 1 unspecified atom stereocenters. The van der Waals surface area contributed by atoms with Crippen molar-refractivity contribution in [3.05, 3.63) is 39.3 Å². The number of thiophene rings is 1. The van der Waals surface area contributed by atoms with E-state index in [0.717, 1.165) is 23.5 Å². The van der Waals surface area contributed by atoms with E-state index in [4.69, 9.17) is 4.98 Å². The summed E-state index contributed by atoms with van der Waals surface area (Å²) >= 11 is 1.48. The van der Waals surface area contributed by atoms with Gasteiger partial charge in [0.2, 0.25) is 0 Å². The Morgan fingerprint density at radius 1 is 1.57 bits per heavy atom. The molecule has 0 aromatic carbocycles. The second-order valence-electron chi connectivity index (χ2n) is 6.23. The Morgan fingerprint density at radius 3 is 2.91 bits per heavy atom. The fourth-order valence-electron chi connectivity index (χ4n) is 3.32. The molecule has 6 heteroatoms. The third-order valence-electron chi connectivity index (χ3n) is 4.33. The van der Waals surface area contributed by atoms with E-state index >= 15 is 0 Å². The molecule has 0 saturated heterocycles. The summed E-state index contributed by atoms with van der Waals surface area (Å²) in [6.45, 7) is 8.10. The minimum Gasteiger partial charge on any atom is -0.481 e. The van der Waals surface area contributed by atoms with Crippen LogP contribution in [0.3, 0.4) is 0 Å². The molecule has 122 valence electrons. The molecule has 2 aromatic rings. The summed E-state index contributed by atoms with van der Waals surface area (Å²) in [7, 11) is 0. The number of fused-ring (bicyclic) bond motifs is 3. The van der Waals surface area contributed by atoms with Gasteiger partial charge in [-0.2, -0.15) is 0 Å². The Labute approximate surface area is 138 Å². The summed E-state index contributed by atoms with van der Waals surface area (Å²) in [6, 6.07) is 0. The fraction of sp³-hybridized carbons (Fsp3) is 0.471. The molecule has 0 amide bonds. The highest BCUT2D eigenvalue weighted by Gasteiger charge is 2.32. The predicted molar refractivity (Wildman–Crippen MR) is 91.5 cm³/mol. The summed E-state index contributed by atoms with van der Waals surface area (Å²) in [5, 5.41) is 10.0. The van der Waals surface area contributed by atoms with Crippen molar-refractivity contribution in [2.75, 3.05) is 0 Å². The molecule has 0 spiro atoms. The van der Waals surface area contributed by atoms with Crippen LogP contribution in [0, 0.1) is 0 Å². The molecule has 1 aliphatic carbocycles. The second-order valence-corrected chi connectivity index (χ2v) is 7.31. The number of allylic oxidation sites excluding steroid dienone is 1. The molecule has 0 bridgehead atoms. The van der Waals surface area contributed by atoms with Crippen molar-refractivity contribution in [1.29, 1.82) is 0 Å². The van der Waals surface area contributed by atoms with Crippen LogP contribution in [-0.2, 0) is 17.8 Å². The van der Waals surface area contributed by atoms with Crippen molar-refractivity contribution in [2.24, 2.45) is 0 Å². The van der Waals surface area contributed by atoms with E-state index < -0.39 is 11.9 Å². The minimum atomic E-state index is -0.853. The van der Waals surface area contributed by atoms with Gasteiger partial charge >= 0.3 is 5.97 Å². The van der Waals surface area contributed by atoms with Crippen LogP contribution in [-0.4, -0.2) is 20.6 Å². The summed E-state index contributed by atoms with van der Waals surface area (Å²) in [5.74, 6) is -0.605. The maximum absolute atomic E-state index is 13.0. The van der Waals surface area contributed by atoms with Crippen LogP contribution < -0.4 is 5.56 Å². The SMILES string of the molecule is C=CCn1c(C(C)C)nc2sc3c(c2c1=O)C(C(=O)O)CCC3. The molecular formula is C17H20N2O3S. The highest BCUT2D eigenvalue weighted by Crippen LogP contribution is 2.40. The third kappa shape index (κ3) is 2.51. The number of hydrogen-bond donors (Lipinski definition) is 1. The van der Waals surface area contributed by atoms with Crippen molar-refractivity contribution in [3.8, 4) is 0 Å². The van der Waals surface area contributed by atoms with Crippen LogP contribution in [0.5, 0.6) is 0 Å². The lowest BCUT2D eigenvalue weighted by Gasteiger charge is -2.19. The van der Waals surface area contributed by atoms with Gasteiger partial charge in [0.05, 0.1) is 11.3 Å². The Bertz CT molecular complexity index is 848. The van der Waals surface area contributed by atoms with Gasteiger partial charge in [-0.25, -0.2) is 4.98 Å². The molecule has 0 radical (unpaired) electrons. The lowest BCUT2D eigenvalue weighted by molar-refractivity contribution is -0.139. The van der Waals surface area contributed by atoms with Crippen LogP contribution in [0.25, 0.3) is 10.2 Å². The van der Waals surface area contributed by atoms with Gasteiger partial charge in [0.1, 0.15) is 10.7 Å². The first-order valence-electron chi connectivity index (χ1n) is 7.85. The van der Waals surface area contributed by atoms with Crippen LogP contribution in [0.1, 0.15) is 54.8 Å². The van der Waals surface area contributed by atoms with E-state index in [1.807, 2.05) is 13.8 Å². The van der Waals surface area contributed by atoms with Gasteiger partial charge < -0.3 is 5.11 Å². The zero-order valence-corrected chi connectivity index (χ0v) is 14.2. The molecule has 1 atom stereocenters. The highest BCUT2D eigenvalue weighted by molar-refractivity contribution is 7.18. The molecule has 1 N–H and O–H groups in total. The zero-order valence-electron chi connectivity index (χ0n) is 13.3. The normalized spacial score (nSPS) is 17.4. The summed E-state index contributed by atoms with van der Waals surface area (Å²) in [4.78, 5) is 31.0. The Morgan fingerprint density at radius 2 is 2.30 bits per heavy atom. The van der Waals surface area contributed by atoms with Gasteiger partial charge in [-0.1, -0.05) is 19.9 Å². The number of aryl methyl sites for hydroxylation is 1. The molecule has 0 saturated carbocycles. The molecule has 2 heterocycles. The van der Waals surface area contributed by atoms with Gasteiger partial charge in [-0.15, -0.1) is 17.9 Å². The van der Waals surface area contributed by atoms with E-state index in [2.05, 4.69) is 6.58 Å². The molecule has 23 heavy (non-hydrogen) atoms. The van der Waals surface area contributed by atoms with Crippen LogP contribution in [0.4, 0.5) is 0 Å².